The molecule has 0 amide bonds. The Hall–Kier alpha value is -3.13. The second-order valence-electron chi connectivity index (χ2n) is 5.84. The van der Waals surface area contributed by atoms with Crippen LogP contribution >= 0.6 is 0 Å². The van der Waals surface area contributed by atoms with Crippen LogP contribution < -0.4 is 0 Å². The molecule has 4 rings (SSSR count). The van der Waals surface area contributed by atoms with Gasteiger partial charge in [-0.05, 0) is 47.4 Å². The molecule has 0 fully saturated rings. The third kappa shape index (κ3) is 2.99. The van der Waals surface area contributed by atoms with E-state index in [1.807, 2.05) is 36.4 Å². The van der Waals surface area contributed by atoms with E-state index < -0.39 is 0 Å². The summed E-state index contributed by atoms with van der Waals surface area (Å²) in [5.74, 6) is 0.628. The van der Waals surface area contributed by atoms with Crippen molar-refractivity contribution in [2.24, 2.45) is 0 Å². The summed E-state index contributed by atoms with van der Waals surface area (Å²) in [7, 11) is 0. The molecule has 4 aromatic rings. The van der Waals surface area contributed by atoms with E-state index in [1.54, 1.807) is 0 Å². The summed E-state index contributed by atoms with van der Waals surface area (Å²) in [5, 5.41) is 0. The first-order chi connectivity index (χ1) is 11.8. The van der Waals surface area contributed by atoms with Crippen molar-refractivity contribution in [3.05, 3.63) is 89.8 Å². The second kappa shape index (κ2) is 6.17. The Morgan fingerprint density at radius 1 is 0.792 bits per heavy atom. The van der Waals surface area contributed by atoms with Crippen molar-refractivity contribution in [1.82, 2.24) is 4.98 Å². The second-order valence-corrected chi connectivity index (χ2v) is 5.84. The van der Waals surface area contributed by atoms with Crippen LogP contribution in [0.25, 0.3) is 34.4 Å². The molecule has 1 aromatic heterocycles. The van der Waals surface area contributed by atoms with Crippen molar-refractivity contribution in [1.29, 1.82) is 0 Å². The standard InChI is InChI=1S/C22H17NO/c1-16-7-13-21-20(15-16)23-22(24-21)14-10-17-8-11-19(12-9-17)18-5-3-2-4-6-18/h2-15H,1H3. The van der Waals surface area contributed by atoms with Gasteiger partial charge < -0.3 is 4.42 Å². The lowest BCUT2D eigenvalue weighted by atomic mass is 10.0. The summed E-state index contributed by atoms with van der Waals surface area (Å²) in [6.07, 6.45) is 3.93. The van der Waals surface area contributed by atoms with Gasteiger partial charge in [0, 0.05) is 6.08 Å². The molecular formula is C22H17NO. The molecule has 0 saturated carbocycles. The maximum Gasteiger partial charge on any atom is 0.220 e. The van der Waals surface area contributed by atoms with E-state index in [1.165, 1.54) is 16.7 Å². The van der Waals surface area contributed by atoms with E-state index in [9.17, 15) is 0 Å². The summed E-state index contributed by atoms with van der Waals surface area (Å²) in [6, 6.07) is 24.9. The highest BCUT2D eigenvalue weighted by Gasteiger charge is 2.02. The molecule has 24 heavy (non-hydrogen) atoms. The van der Waals surface area contributed by atoms with Gasteiger partial charge in [0.2, 0.25) is 5.89 Å². The first-order valence-corrected chi connectivity index (χ1v) is 7.99. The van der Waals surface area contributed by atoms with Crippen LogP contribution in [0.15, 0.2) is 77.2 Å². The highest BCUT2D eigenvalue weighted by Crippen LogP contribution is 2.21. The van der Waals surface area contributed by atoms with Crippen LogP contribution in [-0.2, 0) is 0 Å². The lowest BCUT2D eigenvalue weighted by molar-refractivity contribution is 0.589. The molecule has 0 radical (unpaired) electrons. The monoisotopic (exact) mass is 311 g/mol. The SMILES string of the molecule is Cc1ccc2oc(C=Cc3ccc(-c4ccccc4)cc3)nc2c1. The van der Waals surface area contributed by atoms with E-state index in [4.69, 9.17) is 4.42 Å². The molecule has 0 saturated heterocycles. The van der Waals surface area contributed by atoms with Gasteiger partial charge in [0.15, 0.2) is 5.58 Å². The number of rotatable bonds is 3. The Kier molecular flexibility index (Phi) is 3.72. The molecule has 0 bridgehead atoms. The molecule has 2 heteroatoms. The smallest absolute Gasteiger partial charge is 0.220 e. The first-order valence-electron chi connectivity index (χ1n) is 7.99. The van der Waals surface area contributed by atoms with Crippen LogP contribution in [0.5, 0.6) is 0 Å². The van der Waals surface area contributed by atoms with Crippen LogP contribution in [0.1, 0.15) is 17.0 Å². The van der Waals surface area contributed by atoms with Gasteiger partial charge in [-0.15, -0.1) is 0 Å². The molecule has 0 unspecified atom stereocenters. The van der Waals surface area contributed by atoms with Gasteiger partial charge >= 0.3 is 0 Å². The Morgan fingerprint density at radius 2 is 1.54 bits per heavy atom. The molecule has 3 aromatic carbocycles. The Balaban J connectivity index is 1.56. The van der Waals surface area contributed by atoms with Gasteiger partial charge in [0.1, 0.15) is 5.52 Å². The Labute approximate surface area is 141 Å². The van der Waals surface area contributed by atoms with Gasteiger partial charge in [-0.3, -0.25) is 0 Å². The molecule has 0 aliphatic rings. The zero-order valence-electron chi connectivity index (χ0n) is 13.4. The topological polar surface area (TPSA) is 26.0 Å². The van der Waals surface area contributed by atoms with E-state index >= 15 is 0 Å². The summed E-state index contributed by atoms with van der Waals surface area (Å²) < 4.78 is 5.74. The van der Waals surface area contributed by atoms with Crippen LogP contribution in [0.3, 0.4) is 0 Å². The zero-order chi connectivity index (χ0) is 16.4. The minimum Gasteiger partial charge on any atom is -0.437 e. The van der Waals surface area contributed by atoms with Gasteiger partial charge in [-0.1, -0.05) is 60.7 Å². The van der Waals surface area contributed by atoms with Gasteiger partial charge in [0.25, 0.3) is 0 Å². The van der Waals surface area contributed by atoms with Crippen molar-refractivity contribution in [3.8, 4) is 11.1 Å². The largest absolute Gasteiger partial charge is 0.437 e. The number of hydrogen-bond acceptors (Lipinski definition) is 2. The van der Waals surface area contributed by atoms with Crippen molar-refractivity contribution < 1.29 is 4.42 Å². The maximum absolute atomic E-state index is 5.74. The van der Waals surface area contributed by atoms with Crippen LogP contribution in [0.4, 0.5) is 0 Å². The van der Waals surface area contributed by atoms with Gasteiger partial charge in [-0.2, -0.15) is 0 Å². The summed E-state index contributed by atoms with van der Waals surface area (Å²) >= 11 is 0. The number of fused-ring (bicyclic) bond motifs is 1. The molecule has 0 aliphatic carbocycles. The number of oxazole rings is 1. The summed E-state index contributed by atoms with van der Waals surface area (Å²) in [5.41, 5.74) is 6.46. The zero-order valence-corrected chi connectivity index (χ0v) is 13.4. The van der Waals surface area contributed by atoms with Crippen LogP contribution in [0.2, 0.25) is 0 Å². The van der Waals surface area contributed by atoms with Crippen molar-refractivity contribution in [3.63, 3.8) is 0 Å². The van der Waals surface area contributed by atoms with E-state index in [0.29, 0.717) is 5.89 Å². The lowest BCUT2D eigenvalue weighted by Crippen LogP contribution is -1.78. The number of aromatic nitrogens is 1. The van der Waals surface area contributed by atoms with E-state index in [0.717, 1.165) is 16.7 Å². The van der Waals surface area contributed by atoms with Crippen molar-refractivity contribution >= 4 is 23.3 Å². The first kappa shape index (κ1) is 14.5. The Morgan fingerprint density at radius 3 is 2.33 bits per heavy atom. The fourth-order valence-corrected chi connectivity index (χ4v) is 2.71. The van der Waals surface area contributed by atoms with Crippen LogP contribution in [0, 0.1) is 6.92 Å². The fourth-order valence-electron chi connectivity index (χ4n) is 2.71. The number of nitrogens with zero attached hydrogens (tertiary/aromatic N) is 1. The highest BCUT2D eigenvalue weighted by molar-refractivity contribution is 5.77. The third-order valence-electron chi connectivity index (χ3n) is 4.00. The molecule has 0 N–H and O–H groups in total. The minimum absolute atomic E-state index is 0.628. The highest BCUT2D eigenvalue weighted by atomic mass is 16.3. The number of hydrogen-bond donors (Lipinski definition) is 0. The predicted octanol–water partition coefficient (Wildman–Crippen LogP) is 5.97. The lowest BCUT2D eigenvalue weighted by Gasteiger charge is -2.01. The quantitative estimate of drug-likeness (QED) is 0.465. The third-order valence-corrected chi connectivity index (χ3v) is 4.00. The Bertz CT molecular complexity index is 995. The molecule has 0 atom stereocenters. The normalized spacial score (nSPS) is 11.4. The van der Waals surface area contributed by atoms with Crippen molar-refractivity contribution in [2.75, 3.05) is 0 Å². The molecule has 1 heterocycles. The summed E-state index contributed by atoms with van der Waals surface area (Å²) in [6.45, 7) is 2.05. The molecule has 0 spiro atoms. The molecular weight excluding hydrogens is 294 g/mol. The average molecular weight is 311 g/mol. The summed E-state index contributed by atoms with van der Waals surface area (Å²) in [4.78, 5) is 4.50. The van der Waals surface area contributed by atoms with Crippen LogP contribution in [-0.4, -0.2) is 4.98 Å². The predicted molar refractivity (Wildman–Crippen MR) is 99.6 cm³/mol. The molecule has 0 aliphatic heterocycles. The van der Waals surface area contributed by atoms with E-state index in [2.05, 4.69) is 60.4 Å². The van der Waals surface area contributed by atoms with Gasteiger partial charge in [0.05, 0.1) is 0 Å². The van der Waals surface area contributed by atoms with Crippen molar-refractivity contribution in [2.45, 2.75) is 6.92 Å². The van der Waals surface area contributed by atoms with Gasteiger partial charge in [-0.25, -0.2) is 4.98 Å². The molecule has 2 nitrogen and oxygen atoms in total. The number of benzene rings is 3. The maximum atomic E-state index is 5.74. The van der Waals surface area contributed by atoms with E-state index in [-0.39, 0.29) is 0 Å². The fraction of sp³-hybridized carbons (Fsp3) is 0.0455. The minimum atomic E-state index is 0.628. The number of aryl methyl sites for hydroxylation is 1. The average Bonchev–Trinajstić information content (AvgIpc) is 3.03. The molecule has 116 valence electrons.